The van der Waals surface area contributed by atoms with E-state index in [1.54, 1.807) is 0 Å². The van der Waals surface area contributed by atoms with E-state index >= 15 is 0 Å². The summed E-state index contributed by atoms with van der Waals surface area (Å²) in [5.41, 5.74) is 5.95. The fourth-order valence-electron chi connectivity index (χ4n) is 3.69. The minimum atomic E-state index is -0.352. The highest BCUT2D eigenvalue weighted by Crippen LogP contribution is 2.36. The number of aromatic nitrogens is 1. The second-order valence-corrected chi connectivity index (χ2v) is 6.98. The van der Waals surface area contributed by atoms with Crippen LogP contribution in [0.5, 0.6) is 0 Å². The zero-order chi connectivity index (χ0) is 18.5. The van der Waals surface area contributed by atoms with Crippen molar-refractivity contribution in [3.8, 4) is 11.1 Å². The number of aryl methyl sites for hydroxylation is 2. The van der Waals surface area contributed by atoms with Crippen molar-refractivity contribution in [2.24, 2.45) is 0 Å². The van der Waals surface area contributed by atoms with Crippen molar-refractivity contribution in [2.75, 3.05) is 0 Å². The van der Waals surface area contributed by atoms with Crippen molar-refractivity contribution in [1.29, 1.82) is 0 Å². The van der Waals surface area contributed by atoms with Gasteiger partial charge in [0.1, 0.15) is 5.58 Å². The minimum absolute atomic E-state index is 0.352. The Labute approximate surface area is 155 Å². The molecule has 0 aliphatic rings. The molecule has 3 aromatic carbocycles. The molecule has 2 aromatic heterocycles. The predicted molar refractivity (Wildman–Crippen MR) is 110 cm³/mol. The predicted octanol–water partition coefficient (Wildman–Crippen LogP) is 5.78. The molecular weight excluding hydrogens is 334 g/mol. The smallest absolute Gasteiger partial charge is 0.346 e. The van der Waals surface area contributed by atoms with E-state index in [4.69, 9.17) is 9.40 Å². The second-order valence-electron chi connectivity index (χ2n) is 6.98. The van der Waals surface area contributed by atoms with Gasteiger partial charge in [-0.15, -0.1) is 0 Å². The summed E-state index contributed by atoms with van der Waals surface area (Å²) in [5.74, 6) is 0. The first-order chi connectivity index (χ1) is 13.1. The first kappa shape index (κ1) is 15.8. The topological polar surface area (TPSA) is 43.1 Å². The van der Waals surface area contributed by atoms with Gasteiger partial charge in [0.15, 0.2) is 0 Å². The largest absolute Gasteiger partial charge is 0.422 e. The van der Waals surface area contributed by atoms with Crippen LogP contribution in [0.15, 0.2) is 75.9 Å². The molecule has 5 rings (SSSR count). The Morgan fingerprint density at radius 2 is 1.56 bits per heavy atom. The molecule has 0 spiro atoms. The van der Waals surface area contributed by atoms with E-state index in [-0.39, 0.29) is 5.63 Å². The molecule has 0 unspecified atom stereocenters. The van der Waals surface area contributed by atoms with Crippen molar-refractivity contribution >= 4 is 32.8 Å². The number of hydrogen-bond acceptors (Lipinski definition) is 3. The molecular formula is C24H17NO2. The lowest BCUT2D eigenvalue weighted by Crippen LogP contribution is -2.04. The molecule has 27 heavy (non-hydrogen) atoms. The molecule has 0 aliphatic carbocycles. The van der Waals surface area contributed by atoms with Crippen LogP contribution in [0.3, 0.4) is 0 Å². The van der Waals surface area contributed by atoms with Crippen molar-refractivity contribution < 1.29 is 4.42 Å². The lowest BCUT2D eigenvalue weighted by atomic mass is 9.95. The second kappa shape index (κ2) is 5.78. The van der Waals surface area contributed by atoms with E-state index < -0.39 is 0 Å². The van der Waals surface area contributed by atoms with Crippen LogP contribution in [0.25, 0.3) is 43.9 Å². The van der Waals surface area contributed by atoms with E-state index in [9.17, 15) is 4.79 Å². The Morgan fingerprint density at radius 3 is 2.37 bits per heavy atom. The Hall–Kier alpha value is -3.46. The summed E-state index contributed by atoms with van der Waals surface area (Å²) < 4.78 is 5.64. The average Bonchev–Trinajstić information content (AvgIpc) is 2.67. The summed E-state index contributed by atoms with van der Waals surface area (Å²) in [4.78, 5) is 17.8. The molecule has 130 valence electrons. The first-order valence-corrected chi connectivity index (χ1v) is 8.95. The number of hydrogen-bond donors (Lipinski definition) is 0. The van der Waals surface area contributed by atoms with E-state index in [0.717, 1.165) is 33.0 Å². The van der Waals surface area contributed by atoms with E-state index in [1.165, 1.54) is 5.56 Å². The average molecular weight is 351 g/mol. The molecule has 2 heterocycles. The van der Waals surface area contributed by atoms with Gasteiger partial charge in [-0.25, -0.2) is 9.78 Å². The molecule has 0 fully saturated rings. The Morgan fingerprint density at radius 1 is 0.815 bits per heavy atom. The van der Waals surface area contributed by atoms with Crippen molar-refractivity contribution in [3.05, 3.63) is 88.3 Å². The van der Waals surface area contributed by atoms with Crippen LogP contribution >= 0.6 is 0 Å². The van der Waals surface area contributed by atoms with Crippen LogP contribution in [0.4, 0.5) is 0 Å². The van der Waals surface area contributed by atoms with Gasteiger partial charge in [-0.1, -0.05) is 53.6 Å². The lowest BCUT2D eigenvalue weighted by molar-refractivity contribution is 0.569. The zero-order valence-corrected chi connectivity index (χ0v) is 15.1. The molecule has 0 saturated heterocycles. The summed E-state index contributed by atoms with van der Waals surface area (Å²) in [6, 6.07) is 22.0. The van der Waals surface area contributed by atoms with E-state index in [1.807, 2.05) is 43.3 Å². The molecule has 0 saturated carbocycles. The van der Waals surface area contributed by atoms with E-state index in [2.05, 4.69) is 37.3 Å². The van der Waals surface area contributed by atoms with Crippen LogP contribution in [0, 0.1) is 13.8 Å². The van der Waals surface area contributed by atoms with Gasteiger partial charge >= 0.3 is 5.63 Å². The van der Waals surface area contributed by atoms with Gasteiger partial charge < -0.3 is 4.42 Å². The molecule has 0 amide bonds. The van der Waals surface area contributed by atoms with Crippen LogP contribution in [-0.2, 0) is 0 Å². The highest BCUT2D eigenvalue weighted by atomic mass is 16.4. The fraction of sp³-hybridized carbons (Fsp3) is 0.0833. The molecule has 0 radical (unpaired) electrons. The highest BCUT2D eigenvalue weighted by Gasteiger charge is 2.18. The molecule has 0 N–H and O–H groups in total. The molecule has 0 atom stereocenters. The maximum Gasteiger partial charge on any atom is 0.346 e. The molecule has 3 nitrogen and oxygen atoms in total. The Kier molecular flexibility index (Phi) is 3.37. The van der Waals surface area contributed by atoms with Crippen LogP contribution in [-0.4, -0.2) is 4.98 Å². The molecule has 0 bridgehead atoms. The van der Waals surface area contributed by atoms with Crippen LogP contribution in [0.2, 0.25) is 0 Å². The van der Waals surface area contributed by atoms with Gasteiger partial charge in [0, 0.05) is 16.3 Å². The first-order valence-electron chi connectivity index (χ1n) is 8.95. The zero-order valence-electron chi connectivity index (χ0n) is 15.1. The van der Waals surface area contributed by atoms with Crippen molar-refractivity contribution in [3.63, 3.8) is 0 Å². The number of fused-ring (bicyclic) bond motifs is 4. The van der Waals surface area contributed by atoms with Crippen molar-refractivity contribution in [1.82, 2.24) is 4.98 Å². The third-order valence-electron chi connectivity index (χ3n) is 5.03. The summed E-state index contributed by atoms with van der Waals surface area (Å²) in [7, 11) is 0. The minimum Gasteiger partial charge on any atom is -0.422 e. The summed E-state index contributed by atoms with van der Waals surface area (Å²) >= 11 is 0. The lowest BCUT2D eigenvalue weighted by Gasteiger charge is -2.12. The maximum absolute atomic E-state index is 13.0. The third kappa shape index (κ3) is 2.43. The van der Waals surface area contributed by atoms with Gasteiger partial charge in [0.25, 0.3) is 0 Å². The summed E-state index contributed by atoms with van der Waals surface area (Å²) in [6.45, 7) is 4.10. The highest BCUT2D eigenvalue weighted by molar-refractivity contribution is 6.15. The van der Waals surface area contributed by atoms with Gasteiger partial charge in [0.2, 0.25) is 0 Å². The standard InChI is InChI=1S/C24H17NO2/c1-14-7-10-16(11-8-14)21-18-13-15(2)9-12-19(18)25-23-17-5-3-4-6-20(17)27-24(26)22(21)23/h3-13H,1-2H3. The third-order valence-corrected chi connectivity index (χ3v) is 5.03. The molecule has 5 aromatic rings. The number of para-hydroxylation sites is 1. The molecule has 0 aliphatic heterocycles. The monoisotopic (exact) mass is 351 g/mol. The van der Waals surface area contributed by atoms with Gasteiger partial charge in [-0.05, 0) is 43.7 Å². The number of rotatable bonds is 1. The van der Waals surface area contributed by atoms with Crippen molar-refractivity contribution in [2.45, 2.75) is 13.8 Å². The van der Waals surface area contributed by atoms with Gasteiger partial charge in [-0.3, -0.25) is 0 Å². The van der Waals surface area contributed by atoms with Gasteiger partial charge in [0.05, 0.1) is 16.4 Å². The fourth-order valence-corrected chi connectivity index (χ4v) is 3.69. The summed E-state index contributed by atoms with van der Waals surface area (Å²) in [6.07, 6.45) is 0. The normalized spacial score (nSPS) is 11.5. The molecule has 3 heteroatoms. The number of benzene rings is 3. The number of nitrogens with zero attached hydrogens (tertiary/aromatic N) is 1. The van der Waals surface area contributed by atoms with Crippen LogP contribution < -0.4 is 5.63 Å². The van der Waals surface area contributed by atoms with Gasteiger partial charge in [-0.2, -0.15) is 0 Å². The quantitative estimate of drug-likeness (QED) is 0.218. The Bertz CT molecular complexity index is 1400. The van der Waals surface area contributed by atoms with E-state index in [0.29, 0.717) is 16.5 Å². The maximum atomic E-state index is 13.0. The number of pyridine rings is 1. The van der Waals surface area contributed by atoms with Crippen LogP contribution in [0.1, 0.15) is 11.1 Å². The Balaban J connectivity index is 2.08. The SMILES string of the molecule is Cc1ccc(-c2c3cc(C)ccc3nc3c2c(=O)oc2ccccc23)cc1. The summed E-state index contributed by atoms with van der Waals surface area (Å²) in [5, 5.41) is 2.35.